The highest BCUT2D eigenvalue weighted by molar-refractivity contribution is 6.33. The lowest BCUT2D eigenvalue weighted by molar-refractivity contribution is -0.112. The number of carbonyl (C=O) groups is 1. The smallest absolute Gasteiger partial charge is 0.266 e. The highest BCUT2D eigenvalue weighted by Gasteiger charge is 2.31. The first kappa shape index (κ1) is 23.9. The average molecular weight is 468 g/mol. The van der Waals surface area contributed by atoms with E-state index in [2.05, 4.69) is 44.0 Å². The maximum atomic E-state index is 12.8. The van der Waals surface area contributed by atoms with Crippen LogP contribution in [0.2, 0.25) is 10.0 Å². The second kappa shape index (κ2) is 9.40. The van der Waals surface area contributed by atoms with E-state index < -0.39 is 5.91 Å². The van der Waals surface area contributed by atoms with Crippen molar-refractivity contribution >= 4 is 52.1 Å². The molecule has 1 aliphatic rings. The van der Waals surface area contributed by atoms with Crippen LogP contribution >= 0.6 is 23.2 Å². The number of benzene rings is 2. The van der Waals surface area contributed by atoms with Crippen molar-refractivity contribution in [1.29, 1.82) is 5.26 Å². The molecule has 166 valence electrons. The summed E-state index contributed by atoms with van der Waals surface area (Å²) in [6, 6.07) is 11.1. The molecule has 6 heteroatoms. The maximum absolute atomic E-state index is 12.8. The third-order valence-electron chi connectivity index (χ3n) is 5.66. The normalized spacial score (nSPS) is 15.0. The molecule has 0 saturated carbocycles. The van der Waals surface area contributed by atoms with E-state index >= 15 is 0 Å². The zero-order valence-electron chi connectivity index (χ0n) is 19.0. The topological polar surface area (TPSA) is 56.1 Å². The Morgan fingerprint density at radius 1 is 1.22 bits per heavy atom. The number of nitrogens with one attached hydrogen (secondary N) is 1. The Hall–Kier alpha value is -2.74. The lowest BCUT2D eigenvalue weighted by Gasteiger charge is -2.43. The molecule has 4 nitrogen and oxygen atoms in total. The first-order chi connectivity index (χ1) is 15.1. The Kier molecular flexibility index (Phi) is 7.03. The standard InChI is InChI=1S/C26H27Cl2N3O/c1-6-9-31-24-13-22(28)18(11-21(24)17(3)14-26(31,4)5)10-19(15-29)25(32)30-23-12-20(27)8-7-16(23)2/h7-8,10-14H,6,9H2,1-5H3,(H,30,32)/b19-10+. The van der Waals surface area contributed by atoms with Gasteiger partial charge in [-0.15, -0.1) is 0 Å². The summed E-state index contributed by atoms with van der Waals surface area (Å²) in [5.41, 5.74) is 5.15. The average Bonchev–Trinajstić information content (AvgIpc) is 2.72. The molecule has 0 aromatic heterocycles. The zero-order chi connectivity index (χ0) is 23.6. The molecule has 1 N–H and O–H groups in total. The number of anilines is 2. The van der Waals surface area contributed by atoms with Gasteiger partial charge in [0.25, 0.3) is 5.91 Å². The van der Waals surface area contributed by atoms with Gasteiger partial charge in [0.05, 0.1) is 5.54 Å². The van der Waals surface area contributed by atoms with E-state index in [9.17, 15) is 10.1 Å². The minimum atomic E-state index is -0.507. The van der Waals surface area contributed by atoms with E-state index in [1.807, 2.05) is 31.2 Å². The second-order valence-corrected chi connectivity index (χ2v) is 9.45. The van der Waals surface area contributed by atoms with Crippen molar-refractivity contribution < 1.29 is 4.79 Å². The van der Waals surface area contributed by atoms with Crippen LogP contribution in [0, 0.1) is 18.3 Å². The van der Waals surface area contributed by atoms with Crippen LogP contribution in [0.25, 0.3) is 11.6 Å². The summed E-state index contributed by atoms with van der Waals surface area (Å²) in [5, 5.41) is 13.4. The van der Waals surface area contributed by atoms with Crippen molar-refractivity contribution in [3.8, 4) is 6.07 Å². The summed E-state index contributed by atoms with van der Waals surface area (Å²) < 4.78 is 0. The number of hydrogen-bond donors (Lipinski definition) is 1. The number of allylic oxidation sites excluding steroid dienone is 1. The Morgan fingerprint density at radius 2 is 1.94 bits per heavy atom. The molecule has 3 rings (SSSR count). The highest BCUT2D eigenvalue weighted by atomic mass is 35.5. The SMILES string of the molecule is CCCN1c2cc(Cl)c(/C=C(\C#N)C(=O)Nc3cc(Cl)ccc3C)cc2C(C)=CC1(C)C. The summed E-state index contributed by atoms with van der Waals surface area (Å²) in [5.74, 6) is -0.507. The lowest BCUT2D eigenvalue weighted by Crippen LogP contribution is -2.45. The van der Waals surface area contributed by atoms with Crippen molar-refractivity contribution in [2.24, 2.45) is 0 Å². The Bertz CT molecular complexity index is 1170. The van der Waals surface area contributed by atoms with E-state index in [0.29, 0.717) is 21.3 Å². The third-order valence-corrected chi connectivity index (χ3v) is 6.22. The summed E-state index contributed by atoms with van der Waals surface area (Å²) in [6.45, 7) is 11.4. The monoisotopic (exact) mass is 467 g/mol. The van der Waals surface area contributed by atoms with Gasteiger partial charge in [-0.3, -0.25) is 4.79 Å². The number of nitriles is 1. The van der Waals surface area contributed by atoms with Crippen LogP contribution in [-0.2, 0) is 4.79 Å². The molecule has 0 fully saturated rings. The van der Waals surface area contributed by atoms with Gasteiger partial charge in [-0.05, 0) is 81.2 Å². The zero-order valence-corrected chi connectivity index (χ0v) is 20.5. The quantitative estimate of drug-likeness (QED) is 0.371. The maximum Gasteiger partial charge on any atom is 0.266 e. The largest absolute Gasteiger partial charge is 0.362 e. The van der Waals surface area contributed by atoms with E-state index in [-0.39, 0.29) is 11.1 Å². The molecular formula is C26H27Cl2N3O. The van der Waals surface area contributed by atoms with Gasteiger partial charge in [-0.25, -0.2) is 0 Å². The van der Waals surface area contributed by atoms with Gasteiger partial charge < -0.3 is 10.2 Å². The molecule has 32 heavy (non-hydrogen) atoms. The van der Waals surface area contributed by atoms with Gasteiger partial charge >= 0.3 is 0 Å². The summed E-state index contributed by atoms with van der Waals surface area (Å²) in [4.78, 5) is 15.1. The lowest BCUT2D eigenvalue weighted by atomic mass is 9.87. The molecule has 0 atom stereocenters. The minimum Gasteiger partial charge on any atom is -0.362 e. The van der Waals surface area contributed by atoms with Gasteiger partial charge in [0.1, 0.15) is 11.6 Å². The number of aryl methyl sites for hydroxylation is 1. The number of nitrogens with zero attached hydrogens (tertiary/aromatic N) is 2. The van der Waals surface area contributed by atoms with Crippen LogP contribution in [0.15, 0.2) is 42.0 Å². The third kappa shape index (κ3) is 4.85. The van der Waals surface area contributed by atoms with Crippen LogP contribution in [0.4, 0.5) is 11.4 Å². The van der Waals surface area contributed by atoms with Crippen molar-refractivity contribution in [2.75, 3.05) is 16.8 Å². The molecule has 0 saturated heterocycles. The van der Waals surface area contributed by atoms with Crippen LogP contribution in [0.3, 0.4) is 0 Å². The predicted molar refractivity (Wildman–Crippen MR) is 135 cm³/mol. The van der Waals surface area contributed by atoms with Gasteiger partial charge in [0.2, 0.25) is 0 Å². The molecule has 2 aromatic rings. The van der Waals surface area contributed by atoms with Gasteiger partial charge in [-0.1, -0.05) is 42.3 Å². The molecule has 0 spiro atoms. The number of amides is 1. The molecule has 0 aliphatic carbocycles. The van der Waals surface area contributed by atoms with Crippen molar-refractivity contribution in [2.45, 2.75) is 46.6 Å². The molecule has 1 heterocycles. The fraction of sp³-hybridized carbons (Fsp3) is 0.308. The van der Waals surface area contributed by atoms with Crippen LogP contribution in [0.5, 0.6) is 0 Å². The second-order valence-electron chi connectivity index (χ2n) is 8.61. The van der Waals surface area contributed by atoms with E-state index in [1.165, 1.54) is 6.08 Å². The Labute approximate surface area is 200 Å². The number of carbonyl (C=O) groups excluding carboxylic acids is 1. The fourth-order valence-corrected chi connectivity index (χ4v) is 4.46. The van der Waals surface area contributed by atoms with Crippen molar-refractivity contribution in [1.82, 2.24) is 0 Å². The van der Waals surface area contributed by atoms with E-state index in [4.69, 9.17) is 23.2 Å². The minimum absolute atomic E-state index is 0.0330. The number of fused-ring (bicyclic) bond motifs is 1. The molecule has 1 amide bonds. The summed E-state index contributed by atoms with van der Waals surface area (Å²) in [7, 11) is 0. The molecule has 2 aromatic carbocycles. The molecule has 1 aliphatic heterocycles. The Morgan fingerprint density at radius 3 is 2.59 bits per heavy atom. The van der Waals surface area contributed by atoms with E-state index in [0.717, 1.165) is 35.4 Å². The Balaban J connectivity index is 2.01. The molecule has 0 unspecified atom stereocenters. The van der Waals surface area contributed by atoms with E-state index in [1.54, 1.807) is 12.1 Å². The molecule has 0 bridgehead atoms. The highest BCUT2D eigenvalue weighted by Crippen LogP contribution is 2.42. The molecule has 0 radical (unpaired) electrons. The number of halogens is 2. The van der Waals surface area contributed by atoms with Crippen LogP contribution in [0.1, 0.15) is 50.8 Å². The van der Waals surface area contributed by atoms with Gasteiger partial charge in [0.15, 0.2) is 0 Å². The first-order valence-corrected chi connectivity index (χ1v) is 11.3. The van der Waals surface area contributed by atoms with Crippen molar-refractivity contribution in [3.05, 3.63) is 68.7 Å². The first-order valence-electron chi connectivity index (χ1n) is 10.6. The van der Waals surface area contributed by atoms with Crippen LogP contribution < -0.4 is 10.2 Å². The van der Waals surface area contributed by atoms with Crippen LogP contribution in [-0.4, -0.2) is 18.0 Å². The summed E-state index contributed by atoms with van der Waals surface area (Å²) in [6.07, 6.45) is 4.79. The predicted octanol–water partition coefficient (Wildman–Crippen LogP) is 7.26. The van der Waals surface area contributed by atoms with Crippen molar-refractivity contribution in [3.63, 3.8) is 0 Å². The van der Waals surface area contributed by atoms with Gasteiger partial charge in [-0.2, -0.15) is 5.26 Å². The fourth-order valence-electron chi connectivity index (χ4n) is 4.08. The summed E-state index contributed by atoms with van der Waals surface area (Å²) >= 11 is 12.7. The molecular weight excluding hydrogens is 441 g/mol. The number of hydrogen-bond acceptors (Lipinski definition) is 3. The van der Waals surface area contributed by atoms with Gasteiger partial charge in [0, 0.05) is 33.5 Å². The number of rotatable bonds is 5.